The van der Waals surface area contributed by atoms with Crippen molar-refractivity contribution < 1.29 is 19.4 Å². The molecule has 0 saturated carbocycles. The second-order valence-corrected chi connectivity index (χ2v) is 6.66. The Balaban J connectivity index is 1.95. The van der Waals surface area contributed by atoms with Gasteiger partial charge in [-0.2, -0.15) is 0 Å². The van der Waals surface area contributed by atoms with Crippen LogP contribution in [0, 0.1) is 5.41 Å². The molecule has 5 nitrogen and oxygen atoms in total. The zero-order chi connectivity index (χ0) is 17.0. The number of aliphatic carboxylic acids is 1. The number of likely N-dealkylation sites (tertiary alicyclic amines) is 1. The summed E-state index contributed by atoms with van der Waals surface area (Å²) in [5.74, 6) is -0.995. The number of carbonyl (C=O) groups is 2. The summed E-state index contributed by atoms with van der Waals surface area (Å²) in [4.78, 5) is 25.4. The van der Waals surface area contributed by atoms with Crippen LogP contribution in [0.25, 0.3) is 0 Å². The molecule has 0 aromatic heterocycles. The van der Waals surface area contributed by atoms with Gasteiger partial charge in [0.2, 0.25) is 5.91 Å². The van der Waals surface area contributed by atoms with Gasteiger partial charge in [-0.15, -0.1) is 0 Å². The molecule has 1 N–H and O–H groups in total. The Hall–Kier alpha value is -1.30. The highest BCUT2D eigenvalue weighted by molar-refractivity contribution is 6.35. The largest absolute Gasteiger partial charge is 0.481 e. The summed E-state index contributed by atoms with van der Waals surface area (Å²) in [7, 11) is 1.47. The first kappa shape index (κ1) is 18.0. The van der Waals surface area contributed by atoms with Crippen molar-refractivity contribution >= 4 is 35.1 Å². The lowest BCUT2D eigenvalue weighted by atomic mass is 9.88. The lowest BCUT2D eigenvalue weighted by Crippen LogP contribution is -2.40. The van der Waals surface area contributed by atoms with Gasteiger partial charge in [-0.05, 0) is 30.5 Å². The Morgan fingerprint density at radius 2 is 2.13 bits per heavy atom. The van der Waals surface area contributed by atoms with Crippen molar-refractivity contribution in [2.24, 2.45) is 5.41 Å². The van der Waals surface area contributed by atoms with Gasteiger partial charge < -0.3 is 14.7 Å². The zero-order valence-corrected chi connectivity index (χ0v) is 14.4. The van der Waals surface area contributed by atoms with Gasteiger partial charge in [-0.3, -0.25) is 9.59 Å². The van der Waals surface area contributed by atoms with Crippen molar-refractivity contribution in [2.75, 3.05) is 26.8 Å². The van der Waals surface area contributed by atoms with Crippen molar-refractivity contribution in [2.45, 2.75) is 19.3 Å². The minimum atomic E-state index is -0.998. The molecular weight excluding hydrogens is 341 g/mol. The number of carboxylic acid groups (broad SMARTS) is 1. The highest BCUT2D eigenvalue weighted by atomic mass is 35.5. The maximum absolute atomic E-state index is 12.3. The van der Waals surface area contributed by atoms with Gasteiger partial charge in [0, 0.05) is 36.7 Å². The predicted molar refractivity (Wildman–Crippen MR) is 87.9 cm³/mol. The molecular formula is C16H19Cl2NO4. The number of rotatable bonds is 6. The summed E-state index contributed by atoms with van der Waals surface area (Å²) >= 11 is 11.9. The summed E-state index contributed by atoms with van der Waals surface area (Å²) in [5.41, 5.74) is -0.146. The van der Waals surface area contributed by atoms with E-state index in [1.54, 1.807) is 23.1 Å². The number of aryl methyl sites for hydroxylation is 1. The fourth-order valence-corrected chi connectivity index (χ4v) is 3.34. The van der Waals surface area contributed by atoms with Crippen molar-refractivity contribution in [3.63, 3.8) is 0 Å². The van der Waals surface area contributed by atoms with Gasteiger partial charge in [0.1, 0.15) is 5.41 Å². The number of amides is 1. The lowest BCUT2D eigenvalue weighted by Gasteiger charge is -2.23. The van der Waals surface area contributed by atoms with Crippen molar-refractivity contribution in [1.29, 1.82) is 0 Å². The Morgan fingerprint density at radius 3 is 2.74 bits per heavy atom. The van der Waals surface area contributed by atoms with Gasteiger partial charge in [-0.1, -0.05) is 29.3 Å². The van der Waals surface area contributed by atoms with Crippen LogP contribution in [-0.4, -0.2) is 48.7 Å². The van der Waals surface area contributed by atoms with Gasteiger partial charge in [0.25, 0.3) is 0 Å². The molecule has 0 bridgehead atoms. The summed E-state index contributed by atoms with van der Waals surface area (Å²) in [6.45, 7) is 0.724. The van der Waals surface area contributed by atoms with E-state index >= 15 is 0 Å². The topological polar surface area (TPSA) is 66.8 Å². The molecule has 1 aliphatic heterocycles. The lowest BCUT2D eigenvalue weighted by molar-refractivity contribution is -0.151. The molecule has 0 aliphatic carbocycles. The SMILES string of the molecule is COCC1(C(=O)O)CCN(C(=O)CCc2ccc(Cl)cc2Cl)C1. The van der Waals surface area contributed by atoms with Crippen LogP contribution in [0.1, 0.15) is 18.4 Å². The number of benzene rings is 1. The van der Waals surface area contributed by atoms with Crippen LogP contribution in [0.15, 0.2) is 18.2 Å². The van der Waals surface area contributed by atoms with E-state index in [1.165, 1.54) is 7.11 Å². The number of carboxylic acids is 1. The number of methoxy groups -OCH3 is 1. The fourth-order valence-electron chi connectivity index (χ4n) is 2.84. The van der Waals surface area contributed by atoms with Gasteiger partial charge in [0.15, 0.2) is 0 Å². The first-order valence-electron chi connectivity index (χ1n) is 7.32. The molecule has 0 spiro atoms. The van der Waals surface area contributed by atoms with Gasteiger partial charge in [-0.25, -0.2) is 0 Å². The van der Waals surface area contributed by atoms with Crippen molar-refractivity contribution in [3.05, 3.63) is 33.8 Å². The highest BCUT2D eigenvalue weighted by Crippen LogP contribution is 2.32. The molecule has 23 heavy (non-hydrogen) atoms. The van der Waals surface area contributed by atoms with Crippen molar-refractivity contribution in [3.8, 4) is 0 Å². The average molecular weight is 360 g/mol. The number of carbonyl (C=O) groups excluding carboxylic acids is 1. The third-order valence-electron chi connectivity index (χ3n) is 4.20. The van der Waals surface area contributed by atoms with Crippen LogP contribution in [0.2, 0.25) is 10.0 Å². The van der Waals surface area contributed by atoms with Crippen LogP contribution < -0.4 is 0 Å². The third kappa shape index (κ3) is 4.16. The molecule has 0 radical (unpaired) electrons. The van der Waals surface area contributed by atoms with E-state index in [9.17, 15) is 14.7 Å². The number of hydrogen-bond acceptors (Lipinski definition) is 3. The number of halogens is 2. The van der Waals surface area contributed by atoms with E-state index in [-0.39, 0.29) is 25.5 Å². The molecule has 1 fully saturated rings. The maximum Gasteiger partial charge on any atom is 0.313 e. The second-order valence-electron chi connectivity index (χ2n) is 5.82. The Labute approximate surface area is 145 Å². The predicted octanol–water partition coefficient (Wildman–Crippen LogP) is 2.88. The molecule has 7 heteroatoms. The van der Waals surface area contributed by atoms with Crippen LogP contribution in [-0.2, 0) is 20.7 Å². The van der Waals surface area contributed by atoms with E-state index in [1.807, 2.05) is 0 Å². The van der Waals surface area contributed by atoms with E-state index < -0.39 is 11.4 Å². The van der Waals surface area contributed by atoms with Crippen LogP contribution in [0.5, 0.6) is 0 Å². The molecule has 126 valence electrons. The van der Waals surface area contributed by atoms with Gasteiger partial charge >= 0.3 is 5.97 Å². The molecule has 1 aromatic rings. The molecule has 1 atom stereocenters. The number of nitrogens with zero attached hydrogens (tertiary/aromatic N) is 1. The van der Waals surface area contributed by atoms with Crippen LogP contribution in [0.4, 0.5) is 0 Å². The Bertz CT molecular complexity index is 608. The third-order valence-corrected chi connectivity index (χ3v) is 4.79. The van der Waals surface area contributed by atoms with Crippen molar-refractivity contribution in [1.82, 2.24) is 4.90 Å². The molecule has 1 heterocycles. The maximum atomic E-state index is 12.3. The average Bonchev–Trinajstić information content (AvgIpc) is 2.92. The summed E-state index contributed by atoms with van der Waals surface area (Å²) in [5, 5.41) is 10.5. The van der Waals surface area contributed by atoms with Crippen LogP contribution >= 0.6 is 23.2 Å². The summed E-state index contributed by atoms with van der Waals surface area (Å²) in [6, 6.07) is 5.18. The minimum absolute atomic E-state index is 0.0738. The van der Waals surface area contributed by atoms with E-state index in [4.69, 9.17) is 27.9 Å². The fraction of sp³-hybridized carbons (Fsp3) is 0.500. The summed E-state index contributed by atoms with van der Waals surface area (Å²) < 4.78 is 5.03. The zero-order valence-electron chi connectivity index (χ0n) is 12.8. The second kappa shape index (κ2) is 7.51. The minimum Gasteiger partial charge on any atom is -0.481 e. The molecule has 2 rings (SSSR count). The Morgan fingerprint density at radius 1 is 1.39 bits per heavy atom. The number of ether oxygens (including phenoxy) is 1. The highest BCUT2D eigenvalue weighted by Gasteiger charge is 2.46. The van der Waals surface area contributed by atoms with Gasteiger partial charge in [0.05, 0.1) is 6.61 Å². The van der Waals surface area contributed by atoms with Crippen LogP contribution in [0.3, 0.4) is 0 Å². The molecule has 1 saturated heterocycles. The summed E-state index contributed by atoms with van der Waals surface area (Å²) in [6.07, 6.45) is 1.18. The first-order chi connectivity index (χ1) is 10.9. The molecule has 1 aromatic carbocycles. The quantitative estimate of drug-likeness (QED) is 0.847. The monoisotopic (exact) mass is 359 g/mol. The van der Waals surface area contributed by atoms with E-state index in [2.05, 4.69) is 0 Å². The smallest absolute Gasteiger partial charge is 0.313 e. The first-order valence-corrected chi connectivity index (χ1v) is 8.07. The number of hydrogen-bond donors (Lipinski definition) is 1. The van der Waals surface area contributed by atoms with E-state index in [0.29, 0.717) is 29.4 Å². The Kier molecular flexibility index (Phi) is 5.89. The molecule has 1 amide bonds. The van der Waals surface area contributed by atoms with E-state index in [0.717, 1.165) is 5.56 Å². The molecule has 1 aliphatic rings. The standard InChI is InChI=1S/C16H19Cl2NO4/c1-23-10-16(15(21)22)6-7-19(9-16)14(20)5-3-11-2-4-12(17)8-13(11)18/h2,4,8H,3,5-7,9-10H2,1H3,(H,21,22). The molecule has 1 unspecified atom stereocenters. The normalized spacial score (nSPS) is 20.7.